The van der Waals surface area contributed by atoms with Crippen molar-refractivity contribution < 1.29 is 4.74 Å². The van der Waals surface area contributed by atoms with Crippen molar-refractivity contribution in [3.8, 4) is 5.75 Å². The summed E-state index contributed by atoms with van der Waals surface area (Å²) in [5, 5.41) is 4.44. The van der Waals surface area contributed by atoms with Crippen LogP contribution >= 0.6 is 0 Å². The van der Waals surface area contributed by atoms with Gasteiger partial charge in [0, 0.05) is 12.2 Å². The molecule has 0 atom stereocenters. The Morgan fingerprint density at radius 3 is 2.72 bits per heavy atom. The molecule has 0 saturated carbocycles. The van der Waals surface area contributed by atoms with Gasteiger partial charge in [0.1, 0.15) is 12.4 Å². The Balaban J connectivity index is 2.07. The van der Waals surface area contributed by atoms with Gasteiger partial charge in [0.2, 0.25) is 0 Å². The number of nitrogen functional groups attached to an aromatic ring is 1. The van der Waals surface area contributed by atoms with Gasteiger partial charge in [-0.15, -0.1) is 0 Å². The summed E-state index contributed by atoms with van der Waals surface area (Å²) in [6, 6.07) is 8.08. The molecule has 18 heavy (non-hydrogen) atoms. The van der Waals surface area contributed by atoms with Crippen molar-refractivity contribution >= 4 is 5.69 Å². The van der Waals surface area contributed by atoms with Crippen molar-refractivity contribution in [3.05, 3.63) is 41.7 Å². The third kappa shape index (κ3) is 2.64. The first-order chi connectivity index (χ1) is 8.58. The molecular weight excluding hydrogens is 226 g/mol. The van der Waals surface area contributed by atoms with Gasteiger partial charge < -0.3 is 10.5 Å². The summed E-state index contributed by atoms with van der Waals surface area (Å²) in [6.07, 6.45) is 1.96. The Kier molecular flexibility index (Phi) is 3.55. The van der Waals surface area contributed by atoms with E-state index in [0.29, 0.717) is 18.3 Å². The van der Waals surface area contributed by atoms with Crippen molar-refractivity contribution in [1.82, 2.24) is 9.78 Å². The van der Waals surface area contributed by atoms with E-state index in [9.17, 15) is 0 Å². The summed E-state index contributed by atoms with van der Waals surface area (Å²) in [7, 11) is 0. The third-order valence-corrected chi connectivity index (χ3v) is 2.80. The number of para-hydroxylation sites is 1. The van der Waals surface area contributed by atoms with Crippen LogP contribution < -0.4 is 10.5 Å². The van der Waals surface area contributed by atoms with Crippen LogP contribution in [0, 0.1) is 6.92 Å². The standard InChI is InChI=1S/C14H19N3O/c1-10(2)17-8-7-12(16-17)9-18-14-11(3)5-4-6-13(14)15/h4-8,10H,9,15H2,1-3H3. The van der Waals surface area contributed by atoms with Crippen LogP contribution in [0.2, 0.25) is 0 Å². The predicted molar refractivity (Wildman–Crippen MR) is 72.5 cm³/mol. The van der Waals surface area contributed by atoms with Crippen molar-refractivity contribution in [3.63, 3.8) is 0 Å². The Hall–Kier alpha value is -1.97. The number of benzene rings is 1. The fourth-order valence-corrected chi connectivity index (χ4v) is 1.76. The third-order valence-electron chi connectivity index (χ3n) is 2.80. The Morgan fingerprint density at radius 1 is 1.33 bits per heavy atom. The molecule has 4 heteroatoms. The van der Waals surface area contributed by atoms with Gasteiger partial charge in [-0.3, -0.25) is 4.68 Å². The highest BCUT2D eigenvalue weighted by Crippen LogP contribution is 2.26. The van der Waals surface area contributed by atoms with Gasteiger partial charge in [0.25, 0.3) is 0 Å². The second kappa shape index (κ2) is 5.12. The van der Waals surface area contributed by atoms with E-state index < -0.39 is 0 Å². The monoisotopic (exact) mass is 245 g/mol. The molecule has 1 aromatic heterocycles. The molecule has 96 valence electrons. The van der Waals surface area contributed by atoms with Crippen molar-refractivity contribution in [1.29, 1.82) is 0 Å². The van der Waals surface area contributed by atoms with Gasteiger partial charge in [0.05, 0.1) is 11.4 Å². The average Bonchev–Trinajstić information content (AvgIpc) is 2.77. The SMILES string of the molecule is Cc1cccc(N)c1OCc1ccn(C(C)C)n1. The smallest absolute Gasteiger partial charge is 0.145 e. The maximum atomic E-state index is 5.89. The quantitative estimate of drug-likeness (QED) is 0.843. The zero-order chi connectivity index (χ0) is 13.1. The molecule has 4 nitrogen and oxygen atoms in total. The van der Waals surface area contributed by atoms with E-state index in [1.165, 1.54) is 0 Å². The summed E-state index contributed by atoms with van der Waals surface area (Å²) < 4.78 is 7.66. The second-order valence-electron chi connectivity index (χ2n) is 4.66. The van der Waals surface area contributed by atoms with E-state index in [-0.39, 0.29) is 0 Å². The lowest BCUT2D eigenvalue weighted by Gasteiger charge is -2.10. The maximum absolute atomic E-state index is 5.89. The lowest BCUT2D eigenvalue weighted by molar-refractivity contribution is 0.298. The number of ether oxygens (including phenoxy) is 1. The number of hydrogen-bond donors (Lipinski definition) is 1. The summed E-state index contributed by atoms with van der Waals surface area (Å²) >= 11 is 0. The molecule has 2 aromatic rings. The molecule has 0 fully saturated rings. The number of nitrogens with two attached hydrogens (primary N) is 1. The Labute approximate surface area is 107 Å². The lowest BCUT2D eigenvalue weighted by atomic mass is 10.2. The number of rotatable bonds is 4. The van der Waals surface area contributed by atoms with Gasteiger partial charge >= 0.3 is 0 Å². The molecule has 0 radical (unpaired) electrons. The minimum atomic E-state index is 0.363. The number of hydrogen-bond acceptors (Lipinski definition) is 3. The first-order valence-corrected chi connectivity index (χ1v) is 6.10. The molecule has 2 N–H and O–H groups in total. The highest BCUT2D eigenvalue weighted by atomic mass is 16.5. The molecule has 0 unspecified atom stereocenters. The topological polar surface area (TPSA) is 53.1 Å². The van der Waals surface area contributed by atoms with Crippen LogP contribution in [0.3, 0.4) is 0 Å². The normalized spacial score (nSPS) is 10.9. The second-order valence-corrected chi connectivity index (χ2v) is 4.66. The molecular formula is C14H19N3O. The summed E-state index contributed by atoms with van der Waals surface area (Å²) in [5.41, 5.74) is 8.50. The zero-order valence-corrected chi connectivity index (χ0v) is 11.1. The molecule has 0 saturated heterocycles. The maximum Gasteiger partial charge on any atom is 0.145 e. The summed E-state index contributed by atoms with van der Waals surface area (Å²) in [4.78, 5) is 0. The molecule has 0 spiro atoms. The molecule has 1 heterocycles. The number of nitrogens with zero attached hydrogens (tertiary/aromatic N) is 2. The van der Waals surface area contributed by atoms with Crippen LogP contribution in [0.1, 0.15) is 31.1 Å². The lowest BCUT2D eigenvalue weighted by Crippen LogP contribution is -2.04. The molecule has 0 aliphatic rings. The average molecular weight is 245 g/mol. The van der Waals surface area contributed by atoms with E-state index in [1.54, 1.807) is 0 Å². The van der Waals surface area contributed by atoms with Gasteiger partial charge in [-0.05, 0) is 38.5 Å². The fraction of sp³-hybridized carbons (Fsp3) is 0.357. The molecule has 0 aliphatic carbocycles. The molecule has 2 rings (SSSR count). The largest absolute Gasteiger partial charge is 0.485 e. The Morgan fingerprint density at radius 2 is 2.11 bits per heavy atom. The first-order valence-electron chi connectivity index (χ1n) is 6.10. The number of aryl methyl sites for hydroxylation is 1. The van der Waals surface area contributed by atoms with Crippen LogP contribution in [0.25, 0.3) is 0 Å². The van der Waals surface area contributed by atoms with Gasteiger partial charge in [-0.1, -0.05) is 12.1 Å². The Bertz CT molecular complexity index is 511. The highest BCUT2D eigenvalue weighted by Gasteiger charge is 2.06. The van der Waals surface area contributed by atoms with Crippen LogP contribution in [0.15, 0.2) is 30.5 Å². The van der Waals surface area contributed by atoms with Crippen LogP contribution in [0.5, 0.6) is 5.75 Å². The van der Waals surface area contributed by atoms with Crippen LogP contribution in [-0.4, -0.2) is 9.78 Å². The minimum Gasteiger partial charge on any atom is -0.485 e. The van der Waals surface area contributed by atoms with Gasteiger partial charge in [-0.25, -0.2) is 0 Å². The minimum absolute atomic E-state index is 0.363. The van der Waals surface area contributed by atoms with E-state index >= 15 is 0 Å². The summed E-state index contributed by atoms with van der Waals surface area (Å²) in [6.45, 7) is 6.61. The van der Waals surface area contributed by atoms with E-state index in [1.807, 2.05) is 42.1 Å². The van der Waals surface area contributed by atoms with E-state index in [4.69, 9.17) is 10.5 Å². The van der Waals surface area contributed by atoms with Gasteiger partial charge in [0.15, 0.2) is 0 Å². The molecule has 0 aliphatic heterocycles. The fourth-order valence-electron chi connectivity index (χ4n) is 1.76. The molecule has 0 amide bonds. The van der Waals surface area contributed by atoms with Crippen molar-refractivity contribution in [2.24, 2.45) is 0 Å². The highest BCUT2D eigenvalue weighted by molar-refractivity contribution is 5.56. The van der Waals surface area contributed by atoms with E-state index in [0.717, 1.165) is 17.0 Å². The van der Waals surface area contributed by atoms with Gasteiger partial charge in [-0.2, -0.15) is 5.10 Å². The van der Waals surface area contributed by atoms with Crippen LogP contribution in [0.4, 0.5) is 5.69 Å². The van der Waals surface area contributed by atoms with Crippen LogP contribution in [-0.2, 0) is 6.61 Å². The number of anilines is 1. The van der Waals surface area contributed by atoms with Crippen molar-refractivity contribution in [2.75, 3.05) is 5.73 Å². The molecule has 0 bridgehead atoms. The van der Waals surface area contributed by atoms with Crippen molar-refractivity contribution in [2.45, 2.75) is 33.4 Å². The van der Waals surface area contributed by atoms with E-state index in [2.05, 4.69) is 18.9 Å². The summed E-state index contributed by atoms with van der Waals surface area (Å²) in [5.74, 6) is 0.747. The predicted octanol–water partition coefficient (Wildman–Crippen LogP) is 2.93. The molecule has 1 aromatic carbocycles. The zero-order valence-electron chi connectivity index (χ0n) is 11.1. The first kappa shape index (κ1) is 12.5. The number of aromatic nitrogens is 2.